The number of nitrogens with zero attached hydrogens (tertiary/aromatic N) is 2. The minimum absolute atomic E-state index is 0.0194. The van der Waals surface area contributed by atoms with Crippen molar-refractivity contribution in [1.82, 2.24) is 0 Å². The van der Waals surface area contributed by atoms with Crippen molar-refractivity contribution >= 4 is 0 Å². The summed E-state index contributed by atoms with van der Waals surface area (Å²) in [5.74, 6) is -0.823. The van der Waals surface area contributed by atoms with Gasteiger partial charge in [-0.2, -0.15) is 10.5 Å². The maximum atomic E-state index is 13.2. The Kier molecular flexibility index (Phi) is 4.24. The number of hydrogen-bond acceptors (Lipinski definition) is 2. The molecule has 0 spiro atoms. The van der Waals surface area contributed by atoms with E-state index in [0.717, 1.165) is 18.4 Å². The summed E-state index contributed by atoms with van der Waals surface area (Å²) in [6, 6.07) is 10.5. The van der Waals surface area contributed by atoms with Crippen LogP contribution >= 0.6 is 0 Å². The summed E-state index contributed by atoms with van der Waals surface area (Å²) in [4.78, 5) is 0. The lowest BCUT2D eigenvalue weighted by molar-refractivity contribution is 0.184. The van der Waals surface area contributed by atoms with Crippen LogP contribution in [-0.2, 0) is 0 Å². The standard InChI is InChI=1S/C18H17FN2/c1-3-13-5-8-15(4-2)18(11-20,12-21)17(13)14-6-9-16(19)10-7-14/h3-4,6-7,9-10,13,15,17H,1-2,5,8H2/t13-,15-,17+/m1/s1. The topological polar surface area (TPSA) is 47.6 Å². The van der Waals surface area contributed by atoms with Gasteiger partial charge in [0.1, 0.15) is 5.82 Å². The van der Waals surface area contributed by atoms with Crippen LogP contribution < -0.4 is 0 Å². The quantitative estimate of drug-likeness (QED) is 0.773. The summed E-state index contributed by atoms with van der Waals surface area (Å²) in [5, 5.41) is 19.4. The number of halogens is 1. The van der Waals surface area contributed by atoms with Crippen LogP contribution in [-0.4, -0.2) is 0 Å². The molecule has 0 heterocycles. The fraction of sp³-hybridized carbons (Fsp3) is 0.333. The Morgan fingerprint density at radius 3 is 2.19 bits per heavy atom. The maximum Gasteiger partial charge on any atom is 0.157 e. The molecule has 0 unspecified atom stereocenters. The summed E-state index contributed by atoms with van der Waals surface area (Å²) in [7, 11) is 0. The van der Waals surface area contributed by atoms with E-state index < -0.39 is 5.41 Å². The van der Waals surface area contributed by atoms with Crippen molar-refractivity contribution in [2.45, 2.75) is 18.8 Å². The van der Waals surface area contributed by atoms with E-state index in [1.54, 1.807) is 24.3 Å². The molecule has 0 amide bonds. The van der Waals surface area contributed by atoms with E-state index in [4.69, 9.17) is 0 Å². The molecule has 1 aromatic carbocycles. The van der Waals surface area contributed by atoms with Gasteiger partial charge < -0.3 is 0 Å². The molecule has 0 aliphatic heterocycles. The van der Waals surface area contributed by atoms with Gasteiger partial charge in [0.2, 0.25) is 0 Å². The third kappa shape index (κ3) is 2.36. The summed E-state index contributed by atoms with van der Waals surface area (Å²) in [6.45, 7) is 7.62. The average molecular weight is 280 g/mol. The van der Waals surface area contributed by atoms with Gasteiger partial charge in [-0.25, -0.2) is 4.39 Å². The van der Waals surface area contributed by atoms with Gasteiger partial charge in [-0.3, -0.25) is 0 Å². The highest BCUT2D eigenvalue weighted by Gasteiger charge is 2.51. The molecule has 2 nitrogen and oxygen atoms in total. The Balaban J connectivity index is 2.61. The predicted octanol–water partition coefficient (Wildman–Crippen LogP) is 4.34. The zero-order valence-electron chi connectivity index (χ0n) is 11.8. The molecule has 3 atom stereocenters. The molecule has 0 N–H and O–H groups in total. The molecular weight excluding hydrogens is 263 g/mol. The van der Waals surface area contributed by atoms with Gasteiger partial charge in [-0.05, 0) is 36.5 Å². The number of benzene rings is 1. The number of allylic oxidation sites excluding steroid dienone is 2. The van der Waals surface area contributed by atoms with Gasteiger partial charge in [0, 0.05) is 11.8 Å². The molecule has 0 saturated heterocycles. The van der Waals surface area contributed by atoms with E-state index in [0.29, 0.717) is 0 Å². The fourth-order valence-electron chi connectivity index (χ4n) is 3.40. The van der Waals surface area contributed by atoms with Crippen LogP contribution in [0.3, 0.4) is 0 Å². The number of nitriles is 2. The maximum absolute atomic E-state index is 13.2. The van der Waals surface area contributed by atoms with Gasteiger partial charge in [-0.15, -0.1) is 13.2 Å². The van der Waals surface area contributed by atoms with Gasteiger partial charge in [-0.1, -0.05) is 24.3 Å². The first-order chi connectivity index (χ1) is 10.1. The van der Waals surface area contributed by atoms with Crippen LogP contribution in [0.2, 0.25) is 0 Å². The van der Waals surface area contributed by atoms with Crippen LogP contribution in [0.4, 0.5) is 4.39 Å². The normalized spacial score (nSPS) is 27.1. The van der Waals surface area contributed by atoms with Crippen molar-refractivity contribution in [1.29, 1.82) is 10.5 Å². The van der Waals surface area contributed by atoms with Crippen molar-refractivity contribution in [3.63, 3.8) is 0 Å². The van der Waals surface area contributed by atoms with Gasteiger partial charge >= 0.3 is 0 Å². The summed E-state index contributed by atoms with van der Waals surface area (Å²) in [5.41, 5.74) is -0.382. The Labute approximate surface area is 124 Å². The van der Waals surface area contributed by atoms with E-state index in [9.17, 15) is 14.9 Å². The molecule has 1 aromatic rings. The van der Waals surface area contributed by atoms with E-state index in [1.807, 2.05) is 0 Å². The first-order valence-corrected chi connectivity index (χ1v) is 6.96. The molecule has 3 heteroatoms. The van der Waals surface area contributed by atoms with Crippen molar-refractivity contribution in [3.8, 4) is 12.1 Å². The minimum atomic E-state index is -1.18. The highest BCUT2D eigenvalue weighted by molar-refractivity contribution is 5.36. The Hall–Kier alpha value is -2.39. The zero-order valence-corrected chi connectivity index (χ0v) is 11.8. The molecule has 1 aliphatic rings. The monoisotopic (exact) mass is 280 g/mol. The highest BCUT2D eigenvalue weighted by Crippen LogP contribution is 2.53. The van der Waals surface area contributed by atoms with E-state index in [-0.39, 0.29) is 23.6 Å². The molecule has 1 saturated carbocycles. The van der Waals surface area contributed by atoms with Crippen LogP contribution in [0.25, 0.3) is 0 Å². The molecule has 0 radical (unpaired) electrons. The van der Waals surface area contributed by atoms with E-state index >= 15 is 0 Å². The number of hydrogen-bond donors (Lipinski definition) is 0. The SMILES string of the molecule is C=C[C@@H]1CC[C@@H](C=C)C(C#N)(C#N)[C@@H]1c1ccc(F)cc1. The molecule has 1 aliphatic carbocycles. The van der Waals surface area contributed by atoms with E-state index in [1.165, 1.54) is 12.1 Å². The van der Waals surface area contributed by atoms with Crippen LogP contribution in [0, 0.1) is 45.7 Å². The van der Waals surface area contributed by atoms with Crippen molar-refractivity contribution < 1.29 is 4.39 Å². The van der Waals surface area contributed by atoms with Gasteiger partial charge in [0.15, 0.2) is 5.41 Å². The number of rotatable bonds is 3. The van der Waals surface area contributed by atoms with E-state index in [2.05, 4.69) is 25.3 Å². The van der Waals surface area contributed by atoms with Crippen molar-refractivity contribution in [3.05, 3.63) is 61.0 Å². The highest BCUT2D eigenvalue weighted by atomic mass is 19.1. The summed E-state index contributed by atoms with van der Waals surface area (Å²) in [6.07, 6.45) is 5.07. The van der Waals surface area contributed by atoms with Crippen LogP contribution in [0.15, 0.2) is 49.6 Å². The van der Waals surface area contributed by atoms with Gasteiger partial charge in [0.05, 0.1) is 12.1 Å². The third-order valence-electron chi connectivity index (χ3n) is 4.50. The van der Waals surface area contributed by atoms with Crippen LogP contribution in [0.5, 0.6) is 0 Å². The fourth-order valence-corrected chi connectivity index (χ4v) is 3.40. The third-order valence-corrected chi connectivity index (χ3v) is 4.50. The summed E-state index contributed by atoms with van der Waals surface area (Å²) < 4.78 is 13.2. The lowest BCUT2D eigenvalue weighted by Crippen LogP contribution is -2.41. The lowest BCUT2D eigenvalue weighted by atomic mass is 9.56. The zero-order chi connectivity index (χ0) is 15.5. The Morgan fingerprint density at radius 1 is 1.10 bits per heavy atom. The Morgan fingerprint density at radius 2 is 1.71 bits per heavy atom. The molecule has 106 valence electrons. The molecule has 0 aromatic heterocycles. The second kappa shape index (κ2) is 5.94. The molecule has 0 bridgehead atoms. The molecule has 2 rings (SSSR count). The molecular formula is C18H17FN2. The minimum Gasteiger partial charge on any atom is -0.207 e. The first-order valence-electron chi connectivity index (χ1n) is 6.96. The van der Waals surface area contributed by atoms with Gasteiger partial charge in [0.25, 0.3) is 0 Å². The smallest absolute Gasteiger partial charge is 0.157 e. The predicted molar refractivity (Wildman–Crippen MR) is 79.4 cm³/mol. The lowest BCUT2D eigenvalue weighted by Gasteiger charge is -2.43. The van der Waals surface area contributed by atoms with Crippen molar-refractivity contribution in [2.75, 3.05) is 0 Å². The average Bonchev–Trinajstić information content (AvgIpc) is 2.54. The second-order valence-corrected chi connectivity index (χ2v) is 5.44. The largest absolute Gasteiger partial charge is 0.207 e. The Bertz CT molecular complexity index is 604. The molecule has 21 heavy (non-hydrogen) atoms. The van der Waals surface area contributed by atoms with Crippen LogP contribution in [0.1, 0.15) is 24.3 Å². The summed E-state index contributed by atoms with van der Waals surface area (Å²) >= 11 is 0. The first kappa shape index (κ1) is 15.0. The van der Waals surface area contributed by atoms with Crippen molar-refractivity contribution in [2.24, 2.45) is 17.3 Å². The molecule has 1 fully saturated rings. The second-order valence-electron chi connectivity index (χ2n) is 5.44.